The summed E-state index contributed by atoms with van der Waals surface area (Å²) in [6.45, 7) is 1.97. The van der Waals surface area contributed by atoms with Gasteiger partial charge in [0.05, 0.1) is 0 Å². The zero-order valence-electron chi connectivity index (χ0n) is 16.8. The monoisotopic (exact) mass is 447 g/mol. The maximum absolute atomic E-state index is 13.6. The third-order valence-electron chi connectivity index (χ3n) is 6.35. The quantitative estimate of drug-likeness (QED) is 0.498. The molecular weight excluding hydrogens is 429 g/mol. The van der Waals surface area contributed by atoms with Gasteiger partial charge in [-0.05, 0) is 53.4 Å². The molecule has 2 aliphatic rings. The van der Waals surface area contributed by atoms with Crippen molar-refractivity contribution in [3.63, 3.8) is 0 Å². The molecule has 1 aliphatic heterocycles. The van der Waals surface area contributed by atoms with Crippen LogP contribution < -0.4 is 5.32 Å². The highest BCUT2D eigenvalue weighted by molar-refractivity contribution is 6.31. The van der Waals surface area contributed by atoms with E-state index >= 15 is 0 Å². The molecule has 1 N–H and O–H groups in total. The Morgan fingerprint density at radius 1 is 0.935 bits per heavy atom. The van der Waals surface area contributed by atoms with E-state index in [9.17, 15) is 9.59 Å². The number of carbonyl (C=O) groups excluding carboxylic acids is 2. The number of hydrogen-bond donors (Lipinski definition) is 1. The van der Waals surface area contributed by atoms with Gasteiger partial charge in [-0.25, -0.2) is 0 Å². The third kappa shape index (κ3) is 3.12. The molecule has 0 saturated carbocycles. The third-order valence-corrected chi connectivity index (χ3v) is 6.82. The Bertz CT molecular complexity index is 1280. The van der Waals surface area contributed by atoms with E-state index in [1.54, 1.807) is 18.2 Å². The lowest BCUT2D eigenvalue weighted by Crippen LogP contribution is -2.43. The molecule has 1 spiro atoms. The van der Waals surface area contributed by atoms with Crippen LogP contribution in [-0.4, -0.2) is 11.7 Å². The van der Waals surface area contributed by atoms with Crippen LogP contribution in [0, 0.1) is 6.92 Å². The molecule has 0 saturated heterocycles. The summed E-state index contributed by atoms with van der Waals surface area (Å²) >= 11 is 12.5. The molecule has 1 heterocycles. The summed E-state index contributed by atoms with van der Waals surface area (Å²) in [7, 11) is 0. The number of anilines is 1. The average molecular weight is 448 g/mol. The molecule has 0 unspecified atom stereocenters. The van der Waals surface area contributed by atoms with Gasteiger partial charge in [0.25, 0.3) is 0 Å². The SMILES string of the molecule is Cc1ccccc1C1=C[C@]2(C(=O)Nc3cc(Cl)ccc32)[C@H](c2cccc(Cl)c2)CC1=O. The number of aryl methyl sites for hydroxylation is 1. The normalized spacial score (nSPS) is 22.3. The summed E-state index contributed by atoms with van der Waals surface area (Å²) in [5.41, 5.74) is 3.76. The van der Waals surface area contributed by atoms with Crippen molar-refractivity contribution in [2.45, 2.75) is 24.7 Å². The summed E-state index contributed by atoms with van der Waals surface area (Å²) in [6, 6.07) is 20.6. The molecule has 5 heteroatoms. The fourth-order valence-electron chi connectivity index (χ4n) is 4.89. The van der Waals surface area contributed by atoms with E-state index < -0.39 is 5.41 Å². The minimum atomic E-state index is -1.03. The predicted octanol–water partition coefficient (Wildman–Crippen LogP) is 6.33. The minimum absolute atomic E-state index is 0.0140. The van der Waals surface area contributed by atoms with Crippen LogP contribution in [0.25, 0.3) is 5.57 Å². The fraction of sp³-hybridized carbons (Fsp3) is 0.154. The van der Waals surface area contributed by atoms with E-state index in [0.29, 0.717) is 21.3 Å². The number of amides is 1. The minimum Gasteiger partial charge on any atom is -0.325 e. The maximum atomic E-state index is 13.6. The molecule has 5 rings (SSSR count). The summed E-state index contributed by atoms with van der Waals surface area (Å²) in [5, 5.41) is 4.12. The number of rotatable bonds is 2. The fourth-order valence-corrected chi connectivity index (χ4v) is 5.26. The Morgan fingerprint density at radius 2 is 1.71 bits per heavy atom. The zero-order valence-corrected chi connectivity index (χ0v) is 18.3. The molecule has 2 atom stereocenters. The molecule has 3 aromatic carbocycles. The average Bonchev–Trinajstić information content (AvgIpc) is 3.00. The zero-order chi connectivity index (χ0) is 21.8. The second-order valence-corrected chi connectivity index (χ2v) is 8.99. The summed E-state index contributed by atoms with van der Waals surface area (Å²) in [6.07, 6.45) is 2.07. The molecule has 0 fully saturated rings. The topological polar surface area (TPSA) is 46.2 Å². The Labute approximate surface area is 190 Å². The van der Waals surface area contributed by atoms with Gasteiger partial charge in [0.1, 0.15) is 5.41 Å². The Balaban J connectivity index is 1.81. The number of benzene rings is 3. The van der Waals surface area contributed by atoms with Gasteiger partial charge in [0, 0.05) is 33.6 Å². The van der Waals surface area contributed by atoms with Crippen molar-refractivity contribution in [1.82, 2.24) is 0 Å². The van der Waals surface area contributed by atoms with Crippen molar-refractivity contribution in [3.05, 3.63) is 105 Å². The molecule has 0 bridgehead atoms. The number of Topliss-reactive ketones (excluding diaryl/α,β-unsaturated/α-hetero) is 1. The van der Waals surface area contributed by atoms with Crippen LogP contribution >= 0.6 is 23.2 Å². The van der Waals surface area contributed by atoms with Gasteiger partial charge in [0.15, 0.2) is 5.78 Å². The highest BCUT2D eigenvalue weighted by atomic mass is 35.5. The Kier molecular flexibility index (Phi) is 4.76. The second kappa shape index (κ2) is 7.37. The Morgan fingerprint density at radius 3 is 2.48 bits per heavy atom. The van der Waals surface area contributed by atoms with E-state index in [4.69, 9.17) is 23.2 Å². The van der Waals surface area contributed by atoms with Crippen LogP contribution in [0.2, 0.25) is 10.0 Å². The van der Waals surface area contributed by atoms with E-state index in [1.807, 2.05) is 61.5 Å². The van der Waals surface area contributed by atoms with Crippen molar-refractivity contribution in [3.8, 4) is 0 Å². The largest absolute Gasteiger partial charge is 0.325 e. The maximum Gasteiger partial charge on any atom is 0.239 e. The van der Waals surface area contributed by atoms with E-state index in [-0.39, 0.29) is 24.0 Å². The van der Waals surface area contributed by atoms with Gasteiger partial charge in [-0.3, -0.25) is 9.59 Å². The van der Waals surface area contributed by atoms with Crippen molar-refractivity contribution in [1.29, 1.82) is 0 Å². The standard InChI is InChI=1S/C26H19Cl2NO2/c1-15-5-2-3-8-19(15)20-14-26(21-10-9-18(28)12-23(21)29-25(26)31)22(13-24(20)30)16-6-4-7-17(27)11-16/h2-12,14,22H,13H2,1H3,(H,29,31)/t22-,26+/m0/s1. The number of hydrogen-bond acceptors (Lipinski definition) is 2. The first-order valence-corrected chi connectivity index (χ1v) is 10.8. The van der Waals surface area contributed by atoms with Crippen LogP contribution in [0.15, 0.2) is 72.8 Å². The van der Waals surface area contributed by atoms with Crippen molar-refractivity contribution in [2.24, 2.45) is 0 Å². The predicted molar refractivity (Wildman–Crippen MR) is 125 cm³/mol. The van der Waals surface area contributed by atoms with Crippen LogP contribution in [0.3, 0.4) is 0 Å². The molecule has 154 valence electrons. The van der Waals surface area contributed by atoms with Gasteiger partial charge in [-0.1, -0.05) is 71.7 Å². The molecule has 0 aromatic heterocycles. The van der Waals surface area contributed by atoms with Gasteiger partial charge in [0.2, 0.25) is 5.91 Å². The summed E-state index contributed by atoms with van der Waals surface area (Å²) in [5.74, 6) is -0.526. The smallest absolute Gasteiger partial charge is 0.239 e. The van der Waals surface area contributed by atoms with Gasteiger partial charge >= 0.3 is 0 Å². The number of ketones is 1. The van der Waals surface area contributed by atoms with E-state index in [2.05, 4.69) is 5.32 Å². The first-order valence-electron chi connectivity index (χ1n) is 10.1. The van der Waals surface area contributed by atoms with E-state index in [1.165, 1.54) is 0 Å². The molecule has 1 amide bonds. The second-order valence-electron chi connectivity index (χ2n) is 8.12. The summed E-state index contributed by atoms with van der Waals surface area (Å²) in [4.78, 5) is 27.0. The van der Waals surface area contributed by atoms with Crippen molar-refractivity contribution >= 4 is 46.2 Å². The number of fused-ring (bicyclic) bond motifs is 2. The van der Waals surface area contributed by atoms with Gasteiger partial charge in [-0.2, -0.15) is 0 Å². The van der Waals surface area contributed by atoms with Crippen LogP contribution in [0.5, 0.6) is 0 Å². The molecule has 31 heavy (non-hydrogen) atoms. The number of halogens is 2. The molecule has 1 aliphatic carbocycles. The van der Waals surface area contributed by atoms with Crippen molar-refractivity contribution in [2.75, 3.05) is 5.32 Å². The van der Waals surface area contributed by atoms with E-state index in [0.717, 1.165) is 22.3 Å². The van der Waals surface area contributed by atoms with Crippen LogP contribution in [0.1, 0.15) is 34.6 Å². The highest BCUT2D eigenvalue weighted by Gasteiger charge is 2.54. The lowest BCUT2D eigenvalue weighted by Gasteiger charge is -2.38. The lowest BCUT2D eigenvalue weighted by molar-refractivity contribution is -0.121. The van der Waals surface area contributed by atoms with Crippen LogP contribution in [0.4, 0.5) is 5.69 Å². The first-order chi connectivity index (χ1) is 14.9. The first kappa shape index (κ1) is 20.0. The molecule has 0 radical (unpaired) electrons. The summed E-state index contributed by atoms with van der Waals surface area (Å²) < 4.78 is 0. The molecule has 3 nitrogen and oxygen atoms in total. The Hall–Kier alpha value is -2.88. The number of carbonyl (C=O) groups is 2. The molecular formula is C26H19Cl2NO2. The van der Waals surface area contributed by atoms with Gasteiger partial charge in [-0.15, -0.1) is 0 Å². The number of nitrogens with one attached hydrogen (secondary N) is 1. The molecule has 3 aromatic rings. The van der Waals surface area contributed by atoms with Gasteiger partial charge < -0.3 is 5.32 Å². The van der Waals surface area contributed by atoms with Crippen LogP contribution in [-0.2, 0) is 15.0 Å². The van der Waals surface area contributed by atoms with Crippen molar-refractivity contribution < 1.29 is 9.59 Å². The number of allylic oxidation sites excluding steroid dienone is 1. The highest BCUT2D eigenvalue weighted by Crippen LogP contribution is 2.54. The lowest BCUT2D eigenvalue weighted by atomic mass is 9.61.